The Balaban J connectivity index is 1.93. The number of anilines is 3. The van der Waals surface area contributed by atoms with E-state index in [1.165, 1.54) is 12.8 Å². The third-order valence-electron chi connectivity index (χ3n) is 3.42. The maximum absolute atomic E-state index is 6.04. The number of benzene rings is 1. The third kappa shape index (κ3) is 2.67. The van der Waals surface area contributed by atoms with Crippen LogP contribution in [0.25, 0.3) is 0 Å². The van der Waals surface area contributed by atoms with Crippen LogP contribution in [0.5, 0.6) is 0 Å². The fraction of sp³-hybridized carbons (Fsp3) is 0.357. The second kappa shape index (κ2) is 5.63. The molecule has 0 radical (unpaired) electrons. The minimum Gasteiger partial charge on any atom is -0.341 e. The van der Waals surface area contributed by atoms with Crippen molar-refractivity contribution in [2.75, 3.05) is 29.9 Å². The average Bonchev–Trinajstić information content (AvgIpc) is 3.01. The molecule has 0 unspecified atom stereocenters. The molecular weight excluding hydrogens is 274 g/mol. The summed E-state index contributed by atoms with van der Waals surface area (Å²) in [5.74, 6) is 1.23. The van der Waals surface area contributed by atoms with E-state index in [9.17, 15) is 0 Å². The lowest BCUT2D eigenvalue weighted by Gasteiger charge is -2.20. The Morgan fingerprint density at radius 3 is 2.45 bits per heavy atom. The molecule has 1 aromatic heterocycles. The van der Waals surface area contributed by atoms with Crippen molar-refractivity contribution in [2.24, 2.45) is 0 Å². The molecule has 2 heterocycles. The van der Waals surface area contributed by atoms with Crippen LogP contribution >= 0.6 is 11.6 Å². The van der Waals surface area contributed by atoms with Crippen LogP contribution in [0.3, 0.4) is 0 Å². The first kappa shape index (κ1) is 13.1. The molecule has 0 saturated carbocycles. The summed E-state index contributed by atoms with van der Waals surface area (Å²) >= 11 is 6.04. The van der Waals surface area contributed by atoms with Gasteiger partial charge in [0.25, 0.3) is 0 Å². The van der Waals surface area contributed by atoms with Gasteiger partial charge >= 0.3 is 0 Å². The monoisotopic (exact) mass is 289 g/mol. The molecule has 1 aromatic carbocycles. The number of aromatic nitrogens is 3. The van der Waals surface area contributed by atoms with E-state index in [0.717, 1.165) is 18.8 Å². The zero-order chi connectivity index (χ0) is 13.9. The van der Waals surface area contributed by atoms with Crippen LogP contribution in [0.1, 0.15) is 12.8 Å². The number of halogens is 1. The van der Waals surface area contributed by atoms with Gasteiger partial charge in [-0.15, -0.1) is 0 Å². The molecule has 5 nitrogen and oxygen atoms in total. The second-order valence-electron chi connectivity index (χ2n) is 4.79. The molecule has 2 aromatic rings. The predicted octanol–water partition coefficient (Wildman–Crippen LogP) is 2.89. The fourth-order valence-corrected chi connectivity index (χ4v) is 2.46. The molecule has 1 aliphatic rings. The first-order chi connectivity index (χ1) is 9.74. The third-order valence-corrected chi connectivity index (χ3v) is 3.59. The molecule has 1 fully saturated rings. The van der Waals surface area contributed by atoms with Crippen LogP contribution in [0, 0.1) is 0 Å². The van der Waals surface area contributed by atoms with Gasteiger partial charge in [0, 0.05) is 25.8 Å². The Kier molecular flexibility index (Phi) is 3.69. The van der Waals surface area contributed by atoms with Crippen LogP contribution in [-0.4, -0.2) is 35.1 Å². The molecule has 0 aliphatic carbocycles. The lowest BCUT2D eigenvalue weighted by molar-refractivity contribution is 0.870. The molecular formula is C14H16ClN5. The van der Waals surface area contributed by atoms with Gasteiger partial charge in [0.15, 0.2) is 0 Å². The topological polar surface area (TPSA) is 45.2 Å². The summed E-state index contributed by atoms with van der Waals surface area (Å²) in [4.78, 5) is 17.1. The fourth-order valence-electron chi connectivity index (χ4n) is 2.31. The minimum atomic E-state index is 0.236. The van der Waals surface area contributed by atoms with Gasteiger partial charge in [-0.1, -0.05) is 18.2 Å². The first-order valence-electron chi connectivity index (χ1n) is 6.69. The maximum Gasteiger partial charge on any atom is 0.235 e. The van der Waals surface area contributed by atoms with Crippen molar-refractivity contribution in [1.82, 2.24) is 15.0 Å². The molecule has 3 rings (SSSR count). The largest absolute Gasteiger partial charge is 0.341 e. The van der Waals surface area contributed by atoms with Crippen molar-refractivity contribution in [3.8, 4) is 0 Å². The minimum absolute atomic E-state index is 0.236. The Morgan fingerprint density at radius 1 is 1.05 bits per heavy atom. The van der Waals surface area contributed by atoms with Crippen molar-refractivity contribution in [3.05, 3.63) is 35.6 Å². The van der Waals surface area contributed by atoms with E-state index in [-0.39, 0.29) is 5.28 Å². The van der Waals surface area contributed by atoms with Gasteiger partial charge in [-0.3, -0.25) is 0 Å². The molecule has 0 bridgehead atoms. The summed E-state index contributed by atoms with van der Waals surface area (Å²) in [6, 6.07) is 9.96. The lowest BCUT2D eigenvalue weighted by atomic mass is 10.3. The van der Waals surface area contributed by atoms with Gasteiger partial charge in [0.05, 0.1) is 0 Å². The zero-order valence-electron chi connectivity index (χ0n) is 11.3. The highest BCUT2D eigenvalue weighted by Gasteiger charge is 2.18. The van der Waals surface area contributed by atoms with Crippen LogP contribution < -0.4 is 9.80 Å². The van der Waals surface area contributed by atoms with Crippen molar-refractivity contribution in [3.63, 3.8) is 0 Å². The van der Waals surface area contributed by atoms with Gasteiger partial charge in [-0.05, 0) is 36.6 Å². The van der Waals surface area contributed by atoms with E-state index in [1.54, 1.807) is 0 Å². The van der Waals surface area contributed by atoms with Crippen LogP contribution in [-0.2, 0) is 0 Å². The number of hydrogen-bond donors (Lipinski definition) is 0. The Bertz CT molecular complexity index is 583. The average molecular weight is 290 g/mol. The van der Waals surface area contributed by atoms with Crippen LogP contribution in [0.2, 0.25) is 5.28 Å². The SMILES string of the molecule is CN(c1ccccc1)c1nc(Cl)nc(N2CCCC2)n1. The van der Waals surface area contributed by atoms with E-state index in [2.05, 4.69) is 19.9 Å². The normalized spacial score (nSPS) is 14.6. The molecule has 1 saturated heterocycles. The molecule has 0 N–H and O–H groups in total. The van der Waals surface area contributed by atoms with Crippen LogP contribution in [0.15, 0.2) is 30.3 Å². The van der Waals surface area contributed by atoms with E-state index in [0.29, 0.717) is 11.9 Å². The Morgan fingerprint density at radius 2 is 1.75 bits per heavy atom. The number of para-hydroxylation sites is 1. The summed E-state index contributed by atoms with van der Waals surface area (Å²) in [6.45, 7) is 1.96. The van der Waals surface area contributed by atoms with Gasteiger partial charge in [-0.25, -0.2) is 0 Å². The quantitative estimate of drug-likeness (QED) is 0.869. The molecule has 6 heteroatoms. The van der Waals surface area contributed by atoms with E-state index in [1.807, 2.05) is 42.3 Å². The zero-order valence-corrected chi connectivity index (χ0v) is 12.1. The summed E-state index contributed by atoms with van der Waals surface area (Å²) in [6.07, 6.45) is 2.35. The van der Waals surface area contributed by atoms with Crippen LogP contribution in [0.4, 0.5) is 17.6 Å². The summed E-state index contributed by atoms with van der Waals surface area (Å²) in [5, 5.41) is 0.236. The van der Waals surface area contributed by atoms with E-state index < -0.39 is 0 Å². The molecule has 0 spiro atoms. The molecule has 0 amide bonds. The maximum atomic E-state index is 6.04. The molecule has 1 aliphatic heterocycles. The van der Waals surface area contributed by atoms with Gasteiger partial charge in [0.2, 0.25) is 17.2 Å². The highest BCUT2D eigenvalue weighted by molar-refractivity contribution is 6.28. The molecule has 0 atom stereocenters. The second-order valence-corrected chi connectivity index (χ2v) is 5.13. The predicted molar refractivity (Wildman–Crippen MR) is 80.8 cm³/mol. The summed E-state index contributed by atoms with van der Waals surface area (Å²) in [5.41, 5.74) is 1.02. The van der Waals surface area contributed by atoms with Crippen molar-refractivity contribution in [1.29, 1.82) is 0 Å². The summed E-state index contributed by atoms with van der Waals surface area (Å²) < 4.78 is 0. The lowest BCUT2D eigenvalue weighted by Crippen LogP contribution is -2.23. The van der Waals surface area contributed by atoms with Gasteiger partial charge in [-0.2, -0.15) is 15.0 Å². The van der Waals surface area contributed by atoms with Crippen molar-refractivity contribution in [2.45, 2.75) is 12.8 Å². The standard InChI is InChI=1S/C14H16ClN5/c1-19(11-7-3-2-4-8-11)13-16-12(15)17-14(18-13)20-9-5-6-10-20/h2-4,7-8H,5-6,9-10H2,1H3. The Labute approximate surface area is 123 Å². The van der Waals surface area contributed by atoms with E-state index in [4.69, 9.17) is 11.6 Å². The smallest absolute Gasteiger partial charge is 0.235 e. The van der Waals surface area contributed by atoms with E-state index >= 15 is 0 Å². The first-order valence-corrected chi connectivity index (χ1v) is 7.07. The number of rotatable bonds is 3. The summed E-state index contributed by atoms with van der Waals surface area (Å²) in [7, 11) is 1.93. The molecule has 20 heavy (non-hydrogen) atoms. The molecule has 104 valence electrons. The van der Waals surface area contributed by atoms with Crippen molar-refractivity contribution >= 4 is 29.2 Å². The number of hydrogen-bond acceptors (Lipinski definition) is 5. The Hall–Kier alpha value is -1.88. The highest BCUT2D eigenvalue weighted by atomic mass is 35.5. The van der Waals surface area contributed by atoms with Gasteiger partial charge < -0.3 is 9.80 Å². The highest BCUT2D eigenvalue weighted by Crippen LogP contribution is 2.24. The van der Waals surface area contributed by atoms with Crippen molar-refractivity contribution < 1.29 is 0 Å². The number of nitrogens with zero attached hydrogens (tertiary/aromatic N) is 5. The van der Waals surface area contributed by atoms with Gasteiger partial charge in [0.1, 0.15) is 0 Å².